The van der Waals surface area contributed by atoms with Gasteiger partial charge < -0.3 is 9.80 Å². The van der Waals surface area contributed by atoms with E-state index in [0.29, 0.717) is 0 Å². The average molecular weight is 237 g/mol. The first-order chi connectivity index (χ1) is 8.93. The average Bonchev–Trinajstić information content (AvgIpc) is 2.49. The molecular formula is C16H17N2. The van der Waals surface area contributed by atoms with E-state index >= 15 is 0 Å². The summed E-state index contributed by atoms with van der Waals surface area (Å²) in [5.41, 5.74) is 2.61. The molecule has 0 aromatic heterocycles. The lowest BCUT2D eigenvalue weighted by molar-refractivity contribution is 0.653. The number of rotatable bonds is 2. The summed E-state index contributed by atoms with van der Waals surface area (Å²) in [5.74, 6) is 0. The molecule has 0 aliphatic carbocycles. The van der Waals surface area contributed by atoms with Gasteiger partial charge in [0.05, 0.1) is 0 Å². The molecule has 2 aromatic carbocycles. The van der Waals surface area contributed by atoms with Gasteiger partial charge >= 0.3 is 0 Å². The van der Waals surface area contributed by atoms with E-state index in [4.69, 9.17) is 0 Å². The summed E-state index contributed by atoms with van der Waals surface area (Å²) in [6, 6.07) is 22.0. The fourth-order valence-electron chi connectivity index (χ4n) is 2.44. The van der Waals surface area contributed by atoms with Gasteiger partial charge in [0.1, 0.15) is 0 Å². The zero-order valence-corrected chi connectivity index (χ0v) is 10.4. The highest BCUT2D eigenvalue weighted by Crippen LogP contribution is 2.19. The second kappa shape index (κ2) is 5.13. The summed E-state index contributed by atoms with van der Waals surface area (Å²) in [4.78, 5) is 4.87. The van der Waals surface area contributed by atoms with Gasteiger partial charge in [0, 0.05) is 37.6 Å². The Kier molecular flexibility index (Phi) is 3.18. The number of hydrogen-bond donors (Lipinski definition) is 0. The predicted octanol–water partition coefficient (Wildman–Crippen LogP) is 2.81. The van der Waals surface area contributed by atoms with Crippen LogP contribution in [0.4, 0.5) is 11.4 Å². The molecule has 2 aromatic rings. The van der Waals surface area contributed by atoms with E-state index in [0.717, 1.165) is 26.2 Å². The van der Waals surface area contributed by atoms with Crippen LogP contribution in [0, 0.1) is 6.07 Å². The van der Waals surface area contributed by atoms with Crippen molar-refractivity contribution in [1.29, 1.82) is 0 Å². The van der Waals surface area contributed by atoms with E-state index in [1.807, 2.05) is 6.07 Å². The fourth-order valence-corrected chi connectivity index (χ4v) is 2.44. The van der Waals surface area contributed by atoms with Crippen LogP contribution < -0.4 is 9.80 Å². The molecule has 1 aliphatic rings. The number of para-hydroxylation sites is 1. The quantitative estimate of drug-likeness (QED) is 0.792. The largest absolute Gasteiger partial charge is 0.368 e. The van der Waals surface area contributed by atoms with Crippen molar-refractivity contribution in [2.75, 3.05) is 36.0 Å². The first-order valence-corrected chi connectivity index (χ1v) is 6.44. The fraction of sp³-hybridized carbons (Fsp3) is 0.250. The number of hydrogen-bond acceptors (Lipinski definition) is 2. The van der Waals surface area contributed by atoms with Crippen LogP contribution in [0.25, 0.3) is 0 Å². The van der Waals surface area contributed by atoms with E-state index < -0.39 is 0 Å². The Bertz CT molecular complexity index is 425. The van der Waals surface area contributed by atoms with Crippen molar-refractivity contribution in [1.82, 2.24) is 0 Å². The number of piperazine rings is 1. The molecule has 0 N–H and O–H groups in total. The monoisotopic (exact) mass is 237 g/mol. The summed E-state index contributed by atoms with van der Waals surface area (Å²) in [7, 11) is 0. The highest BCUT2D eigenvalue weighted by Gasteiger charge is 2.16. The van der Waals surface area contributed by atoms with E-state index in [9.17, 15) is 0 Å². The molecule has 2 nitrogen and oxygen atoms in total. The smallest absolute Gasteiger partial charge is 0.0373 e. The summed E-state index contributed by atoms with van der Waals surface area (Å²) in [5, 5.41) is 0. The molecule has 1 heterocycles. The molecule has 0 spiro atoms. The molecule has 91 valence electrons. The van der Waals surface area contributed by atoms with Gasteiger partial charge in [-0.15, -0.1) is 0 Å². The van der Waals surface area contributed by atoms with Gasteiger partial charge in [-0.05, 0) is 30.3 Å². The third-order valence-electron chi connectivity index (χ3n) is 3.46. The number of nitrogens with zero attached hydrogens (tertiary/aromatic N) is 2. The maximum atomic E-state index is 3.15. The van der Waals surface area contributed by atoms with Crippen molar-refractivity contribution >= 4 is 11.4 Å². The second-order valence-corrected chi connectivity index (χ2v) is 4.57. The molecule has 1 saturated heterocycles. The summed E-state index contributed by atoms with van der Waals surface area (Å²) >= 11 is 0. The minimum atomic E-state index is 1.08. The van der Waals surface area contributed by atoms with Crippen LogP contribution in [-0.2, 0) is 0 Å². The third kappa shape index (κ3) is 2.33. The van der Waals surface area contributed by atoms with Gasteiger partial charge in [-0.2, -0.15) is 0 Å². The maximum Gasteiger partial charge on any atom is 0.0373 e. The maximum absolute atomic E-state index is 3.15. The molecule has 2 heteroatoms. The lowest BCUT2D eigenvalue weighted by Crippen LogP contribution is -2.46. The minimum Gasteiger partial charge on any atom is -0.368 e. The molecule has 18 heavy (non-hydrogen) atoms. The van der Waals surface area contributed by atoms with Crippen LogP contribution in [0.1, 0.15) is 0 Å². The lowest BCUT2D eigenvalue weighted by atomic mass is 10.2. The molecule has 1 radical (unpaired) electrons. The normalized spacial score (nSPS) is 15.8. The Morgan fingerprint density at radius 2 is 1.33 bits per heavy atom. The highest BCUT2D eigenvalue weighted by molar-refractivity contribution is 5.51. The Labute approximate surface area is 108 Å². The number of benzene rings is 2. The van der Waals surface area contributed by atoms with Crippen molar-refractivity contribution in [3.63, 3.8) is 0 Å². The Hall–Kier alpha value is -1.96. The molecule has 1 aliphatic heterocycles. The topological polar surface area (TPSA) is 6.48 Å². The first kappa shape index (κ1) is 11.1. The van der Waals surface area contributed by atoms with Gasteiger partial charge in [-0.25, -0.2) is 0 Å². The van der Waals surface area contributed by atoms with E-state index in [1.165, 1.54) is 11.4 Å². The number of anilines is 2. The van der Waals surface area contributed by atoms with Crippen molar-refractivity contribution in [2.24, 2.45) is 0 Å². The highest BCUT2D eigenvalue weighted by atomic mass is 15.3. The van der Waals surface area contributed by atoms with Crippen LogP contribution in [0.15, 0.2) is 54.6 Å². The van der Waals surface area contributed by atoms with Crippen molar-refractivity contribution in [3.05, 3.63) is 60.7 Å². The third-order valence-corrected chi connectivity index (χ3v) is 3.46. The molecule has 0 amide bonds. The van der Waals surface area contributed by atoms with Crippen molar-refractivity contribution in [3.8, 4) is 0 Å². The van der Waals surface area contributed by atoms with E-state index in [-0.39, 0.29) is 0 Å². The molecule has 0 unspecified atom stereocenters. The summed E-state index contributed by atoms with van der Waals surface area (Å²) in [6.45, 7) is 4.32. The second-order valence-electron chi connectivity index (χ2n) is 4.57. The van der Waals surface area contributed by atoms with Gasteiger partial charge in [0.15, 0.2) is 0 Å². The Morgan fingerprint density at radius 1 is 0.722 bits per heavy atom. The SMILES string of the molecule is [c]1cccc(N2CCN(c3ccccc3)CC2)c1. The van der Waals surface area contributed by atoms with Crippen LogP contribution >= 0.6 is 0 Å². The van der Waals surface area contributed by atoms with E-state index in [1.54, 1.807) is 0 Å². The molecule has 1 fully saturated rings. The summed E-state index contributed by atoms with van der Waals surface area (Å²) in [6.07, 6.45) is 0. The van der Waals surface area contributed by atoms with E-state index in [2.05, 4.69) is 64.4 Å². The van der Waals surface area contributed by atoms with Crippen LogP contribution in [0.5, 0.6) is 0 Å². The summed E-state index contributed by atoms with van der Waals surface area (Å²) < 4.78 is 0. The molecular weight excluding hydrogens is 220 g/mol. The molecule has 3 rings (SSSR count). The van der Waals surface area contributed by atoms with Gasteiger partial charge in [0.25, 0.3) is 0 Å². The van der Waals surface area contributed by atoms with Crippen LogP contribution in [0.2, 0.25) is 0 Å². The van der Waals surface area contributed by atoms with Crippen LogP contribution in [0.3, 0.4) is 0 Å². The predicted molar refractivity (Wildman–Crippen MR) is 76.1 cm³/mol. The van der Waals surface area contributed by atoms with Gasteiger partial charge in [-0.3, -0.25) is 0 Å². The molecule has 0 bridgehead atoms. The minimum absolute atomic E-state index is 1.08. The zero-order chi connectivity index (χ0) is 12.2. The van der Waals surface area contributed by atoms with Gasteiger partial charge in [-0.1, -0.05) is 30.3 Å². The Balaban J connectivity index is 1.65. The Morgan fingerprint density at radius 3 is 1.94 bits per heavy atom. The van der Waals surface area contributed by atoms with Crippen LogP contribution in [-0.4, -0.2) is 26.2 Å². The van der Waals surface area contributed by atoms with Crippen molar-refractivity contribution in [2.45, 2.75) is 0 Å². The standard InChI is InChI=1S/C16H17N2/c1-3-7-15(8-4-1)17-11-13-18(14-12-17)16-9-5-2-6-10-16/h1-5,7-10H,11-14H2. The zero-order valence-electron chi connectivity index (χ0n) is 10.4. The molecule has 0 atom stereocenters. The van der Waals surface area contributed by atoms with Crippen molar-refractivity contribution < 1.29 is 0 Å². The first-order valence-electron chi connectivity index (χ1n) is 6.44. The lowest BCUT2D eigenvalue weighted by Gasteiger charge is -2.37. The molecule has 0 saturated carbocycles. The van der Waals surface area contributed by atoms with Gasteiger partial charge in [0.2, 0.25) is 0 Å².